The maximum atomic E-state index is 6.08. The predicted molar refractivity (Wildman–Crippen MR) is 329 cm³/mol. The molecule has 1 aromatic heterocycles. The van der Waals surface area contributed by atoms with Gasteiger partial charge in [0.15, 0.2) is 0 Å². The molecule has 0 radical (unpaired) electrons. The van der Waals surface area contributed by atoms with Gasteiger partial charge in [0.25, 0.3) is 0 Å². The van der Waals surface area contributed by atoms with Crippen molar-refractivity contribution in [2.45, 2.75) is 92.9 Å². The van der Waals surface area contributed by atoms with Crippen LogP contribution in [0.4, 0.5) is 0 Å². The van der Waals surface area contributed by atoms with Crippen LogP contribution in [0, 0.1) is 27.7 Å². The zero-order valence-electron chi connectivity index (χ0n) is 46.2. The summed E-state index contributed by atoms with van der Waals surface area (Å²) < 4.78 is 6.08. The summed E-state index contributed by atoms with van der Waals surface area (Å²) in [5.41, 5.74) is 32.7. The summed E-state index contributed by atoms with van der Waals surface area (Å²) in [5, 5.41) is 2.48. The molecule has 0 aliphatic heterocycles. The smallest absolute Gasteiger partial charge is 0.135 e. The van der Waals surface area contributed by atoms with Gasteiger partial charge in [-0.05, 0) is 192 Å². The van der Waals surface area contributed by atoms with Crippen LogP contribution < -0.4 is 0 Å². The highest BCUT2D eigenvalue weighted by atomic mass is 16.3. The fraction of sp³-hybridized carbons (Fsp3) is 0.184. The van der Waals surface area contributed by atoms with Gasteiger partial charge in [-0.2, -0.15) is 0 Å². The molecular weight excluding hydrogens is 929 g/mol. The van der Waals surface area contributed by atoms with Crippen molar-refractivity contribution in [3.8, 4) is 33.4 Å². The highest BCUT2D eigenvalue weighted by Gasteiger charge is 2.51. The van der Waals surface area contributed by atoms with Crippen LogP contribution in [-0.4, -0.2) is 0 Å². The number of hydrogen-bond acceptors (Lipinski definition) is 1. The zero-order chi connectivity index (χ0) is 53.2. The van der Waals surface area contributed by atoms with Crippen molar-refractivity contribution >= 4 is 27.5 Å². The van der Waals surface area contributed by atoms with E-state index in [1.807, 2.05) is 32.0 Å². The Labute approximate surface area is 457 Å². The maximum absolute atomic E-state index is 6.08. The first-order valence-electron chi connectivity index (χ1n) is 28.0. The molecule has 0 saturated carbocycles. The minimum Gasteiger partial charge on any atom is -0.456 e. The lowest BCUT2D eigenvalue weighted by molar-refractivity contribution is 0.669. The van der Waals surface area contributed by atoms with Crippen molar-refractivity contribution < 1.29 is 4.42 Å². The highest BCUT2D eigenvalue weighted by Crippen LogP contribution is 2.62. The zero-order valence-corrected chi connectivity index (χ0v) is 46.2. The molecule has 15 rings (SSSR count). The van der Waals surface area contributed by atoms with Crippen LogP contribution in [0.5, 0.6) is 0 Å². The second kappa shape index (κ2) is 21.8. The summed E-state index contributed by atoms with van der Waals surface area (Å²) in [6.07, 6.45) is 12.8. The molecule has 0 bridgehead atoms. The molecule has 0 amide bonds. The van der Waals surface area contributed by atoms with E-state index in [1.54, 1.807) is 0 Å². The standard InChI is InChI=1S/C27H26O.C26H18.C14H12.C7H8.C2H6/c1-17-7-4-5-9-22(17)23-15-20(12-11-18(23)2)21-13-14-25-24(16-21)27-19(3)8-6-10-26(27)28-25;1-17-14-15-21-20-10-4-7-13-24(20)26(25(21)16-17)22-11-5-2-8-18(22)19-9-3-6-12-23(19)26;1-10-5-4-7-12-9-11-6-2-3-8-13(11)14(10)12;1-7-5-3-2-4-6-7;1-2/h5-6,8-10,13-16H,4,7,11-12H2,1-3H3;2-16H,1H3;2-8H,9H2,1H3;2-6H,1H3;1-2H3. The minimum atomic E-state index is -0.189. The van der Waals surface area contributed by atoms with Crippen molar-refractivity contribution in [2.75, 3.05) is 0 Å². The molecule has 0 unspecified atom stereocenters. The van der Waals surface area contributed by atoms with Gasteiger partial charge in [-0.15, -0.1) is 0 Å². The Kier molecular flexibility index (Phi) is 14.4. The van der Waals surface area contributed by atoms with Crippen LogP contribution in [0.1, 0.15) is 115 Å². The van der Waals surface area contributed by atoms with Gasteiger partial charge >= 0.3 is 0 Å². The summed E-state index contributed by atoms with van der Waals surface area (Å²) in [6.45, 7) is 17.2. The van der Waals surface area contributed by atoms with Gasteiger partial charge in [0.1, 0.15) is 11.2 Å². The van der Waals surface area contributed by atoms with Crippen LogP contribution in [0.2, 0.25) is 0 Å². The Morgan fingerprint density at radius 3 is 1.66 bits per heavy atom. The fourth-order valence-corrected chi connectivity index (χ4v) is 12.8. The first-order chi connectivity index (χ1) is 37.7. The number of aryl methyl sites for hydroxylation is 4. The molecule has 10 aromatic rings. The predicted octanol–water partition coefficient (Wildman–Crippen LogP) is 21.0. The molecule has 5 aliphatic rings. The van der Waals surface area contributed by atoms with E-state index in [9.17, 15) is 0 Å². The summed E-state index contributed by atoms with van der Waals surface area (Å²) in [4.78, 5) is 0. The molecule has 0 atom stereocenters. The fourth-order valence-electron chi connectivity index (χ4n) is 12.8. The van der Waals surface area contributed by atoms with E-state index in [1.165, 1.54) is 146 Å². The number of hydrogen-bond donors (Lipinski definition) is 0. The Bertz CT molecular complexity index is 3910. The molecule has 0 saturated heterocycles. The van der Waals surface area contributed by atoms with Crippen molar-refractivity contribution in [3.63, 3.8) is 0 Å². The van der Waals surface area contributed by atoms with Gasteiger partial charge in [-0.25, -0.2) is 0 Å². The second-order valence-corrected chi connectivity index (χ2v) is 21.3. The van der Waals surface area contributed by atoms with Crippen molar-refractivity contribution in [2.24, 2.45) is 0 Å². The van der Waals surface area contributed by atoms with E-state index in [0.29, 0.717) is 0 Å². The largest absolute Gasteiger partial charge is 0.456 e. The monoisotopic (exact) mass is 999 g/mol. The van der Waals surface area contributed by atoms with Crippen LogP contribution in [-0.2, 0) is 11.8 Å². The van der Waals surface area contributed by atoms with E-state index in [4.69, 9.17) is 4.42 Å². The third kappa shape index (κ3) is 9.27. The molecule has 5 aliphatic carbocycles. The van der Waals surface area contributed by atoms with Crippen molar-refractivity contribution in [1.29, 1.82) is 0 Å². The van der Waals surface area contributed by atoms with E-state index < -0.39 is 0 Å². The molecule has 1 spiro atoms. The number of benzene rings is 9. The van der Waals surface area contributed by atoms with E-state index in [2.05, 4.69) is 242 Å². The summed E-state index contributed by atoms with van der Waals surface area (Å²) in [5.74, 6) is 0. The molecule has 380 valence electrons. The lowest BCUT2D eigenvalue weighted by atomic mass is 9.70. The van der Waals surface area contributed by atoms with Gasteiger partial charge in [-0.3, -0.25) is 0 Å². The third-order valence-electron chi connectivity index (χ3n) is 16.5. The molecule has 77 heavy (non-hydrogen) atoms. The van der Waals surface area contributed by atoms with Gasteiger partial charge in [0.05, 0.1) is 5.41 Å². The molecule has 1 heterocycles. The molecule has 1 nitrogen and oxygen atoms in total. The first-order valence-corrected chi connectivity index (χ1v) is 28.0. The quantitative estimate of drug-likeness (QED) is 0.168. The summed E-state index contributed by atoms with van der Waals surface area (Å²) in [6, 6.07) is 72.3. The summed E-state index contributed by atoms with van der Waals surface area (Å²) in [7, 11) is 0. The number of fused-ring (bicyclic) bond motifs is 16. The second-order valence-electron chi connectivity index (χ2n) is 21.3. The number of allylic oxidation sites excluding steroid dienone is 8. The topological polar surface area (TPSA) is 13.1 Å². The van der Waals surface area contributed by atoms with Gasteiger partial charge in [-0.1, -0.05) is 236 Å². The van der Waals surface area contributed by atoms with Crippen molar-refractivity contribution in [3.05, 3.63) is 302 Å². The number of furan rings is 1. The van der Waals surface area contributed by atoms with Crippen LogP contribution >= 0.6 is 0 Å². The maximum Gasteiger partial charge on any atom is 0.135 e. The molecule has 0 fully saturated rings. The summed E-state index contributed by atoms with van der Waals surface area (Å²) >= 11 is 0. The number of rotatable bonds is 2. The Hall–Kier alpha value is -8.26. The van der Waals surface area contributed by atoms with E-state index in [0.717, 1.165) is 30.4 Å². The van der Waals surface area contributed by atoms with Gasteiger partial charge < -0.3 is 4.42 Å². The molecule has 1 heteroatoms. The van der Waals surface area contributed by atoms with E-state index >= 15 is 0 Å². The molecule has 0 N–H and O–H groups in total. The van der Waals surface area contributed by atoms with Crippen LogP contribution in [0.15, 0.2) is 245 Å². The highest BCUT2D eigenvalue weighted by molar-refractivity contribution is 6.07. The van der Waals surface area contributed by atoms with Crippen LogP contribution in [0.3, 0.4) is 0 Å². The Morgan fingerprint density at radius 1 is 0.416 bits per heavy atom. The Morgan fingerprint density at radius 2 is 1.00 bits per heavy atom. The average molecular weight is 999 g/mol. The lowest BCUT2D eigenvalue weighted by Crippen LogP contribution is -2.25. The molecule has 9 aromatic carbocycles. The van der Waals surface area contributed by atoms with Gasteiger partial charge in [0, 0.05) is 10.8 Å². The lowest BCUT2D eigenvalue weighted by Gasteiger charge is -2.30. The molecular formula is C76H70O. The van der Waals surface area contributed by atoms with Crippen molar-refractivity contribution in [1.82, 2.24) is 0 Å². The normalized spacial score (nSPS) is 14.5. The first kappa shape index (κ1) is 50.9. The minimum absolute atomic E-state index is 0.189. The average Bonchev–Trinajstić information content (AvgIpc) is 4.36. The SMILES string of the molecule is CC.CC1=C(C2=C(C)CCC(c3ccc4oc5cccc(C)c5c4c3)=C2)C=CCC1.Cc1ccc2c(c1)C1(c3ccccc3-c3ccccc31)c1ccccc1-2.Cc1cccc2c1-c1ccccc1C2.Cc1ccccc1. The van der Waals surface area contributed by atoms with Crippen LogP contribution in [0.25, 0.3) is 60.9 Å². The van der Waals surface area contributed by atoms with Gasteiger partial charge in [0.2, 0.25) is 0 Å². The third-order valence-corrected chi connectivity index (χ3v) is 16.5. The van der Waals surface area contributed by atoms with E-state index in [-0.39, 0.29) is 5.41 Å². The Balaban J connectivity index is 0.000000118.